The monoisotopic (exact) mass is 937 g/mol. The van der Waals surface area contributed by atoms with Gasteiger partial charge < -0.3 is 40.7 Å². The Hall–Kier alpha value is -7.73. The van der Waals surface area contributed by atoms with Crippen molar-refractivity contribution in [3.63, 3.8) is 0 Å². The second-order valence-corrected chi connectivity index (χ2v) is 19.8. The van der Waals surface area contributed by atoms with E-state index < -0.39 is 70.6 Å². The van der Waals surface area contributed by atoms with E-state index in [1.54, 1.807) is 81.7 Å². The summed E-state index contributed by atoms with van der Waals surface area (Å²) in [6, 6.07) is 16.1. The molecular formula is C51H59N11O7. The van der Waals surface area contributed by atoms with Gasteiger partial charge in [-0.2, -0.15) is 0 Å². The van der Waals surface area contributed by atoms with E-state index in [1.165, 1.54) is 47.2 Å². The van der Waals surface area contributed by atoms with Crippen molar-refractivity contribution in [3.05, 3.63) is 161 Å². The summed E-state index contributed by atoms with van der Waals surface area (Å²) in [7, 11) is 0. The molecule has 0 radical (unpaired) electrons. The summed E-state index contributed by atoms with van der Waals surface area (Å²) in [4.78, 5) is 95.8. The lowest BCUT2D eigenvalue weighted by atomic mass is 9.91. The highest BCUT2D eigenvalue weighted by Gasteiger charge is 2.46. The van der Waals surface area contributed by atoms with E-state index in [-0.39, 0.29) is 24.4 Å². The van der Waals surface area contributed by atoms with Gasteiger partial charge in [-0.05, 0) is 108 Å². The number of aromatic nitrogens is 6. The molecule has 0 fully saturated rings. The maximum Gasteiger partial charge on any atom is 0.407 e. The van der Waals surface area contributed by atoms with Crippen LogP contribution < -0.4 is 20.9 Å². The van der Waals surface area contributed by atoms with Gasteiger partial charge in [0.1, 0.15) is 29.1 Å². The molecule has 2 aromatic carbocycles. The Morgan fingerprint density at radius 3 is 1.86 bits per heavy atom. The number of carbonyl (C=O) groups is 5. The molecule has 0 saturated carbocycles. The first-order chi connectivity index (χ1) is 32.7. The van der Waals surface area contributed by atoms with Crippen molar-refractivity contribution in [2.45, 2.75) is 116 Å². The number of H-pyrrole nitrogens is 2. The highest BCUT2D eigenvalue weighted by molar-refractivity contribution is 6.09. The average Bonchev–Trinajstić information content (AvgIpc) is 4.08. The predicted octanol–water partition coefficient (Wildman–Crippen LogP) is 6.23. The maximum atomic E-state index is 14.9. The molecular weight excluding hydrogens is 879 g/mol. The van der Waals surface area contributed by atoms with Crippen LogP contribution in [0.15, 0.2) is 117 Å². The number of imidazole rings is 2. The summed E-state index contributed by atoms with van der Waals surface area (Å²) in [6.07, 6.45) is 10.6. The minimum Gasteiger partial charge on any atom is -0.444 e. The third-order valence-corrected chi connectivity index (χ3v) is 11.2. The van der Waals surface area contributed by atoms with Gasteiger partial charge in [0.15, 0.2) is 0 Å². The molecule has 2 unspecified atom stereocenters. The summed E-state index contributed by atoms with van der Waals surface area (Å²) in [5.41, 5.74) is 2.34. The molecule has 0 aliphatic heterocycles. The Bertz CT molecular complexity index is 2730. The van der Waals surface area contributed by atoms with Gasteiger partial charge in [-0.15, -0.1) is 0 Å². The van der Waals surface area contributed by atoms with Crippen molar-refractivity contribution in [2.75, 3.05) is 4.90 Å². The van der Waals surface area contributed by atoms with Gasteiger partial charge >= 0.3 is 6.09 Å². The lowest BCUT2D eigenvalue weighted by molar-refractivity contribution is -0.129. The molecule has 0 spiro atoms. The number of carbonyl (C=O) groups excluding carboxylic acids is 5. The van der Waals surface area contributed by atoms with Crippen molar-refractivity contribution in [2.24, 2.45) is 0 Å². The number of pyridine rings is 2. The number of nitrogens with zero attached hydrogens (tertiary/aromatic N) is 6. The Balaban J connectivity index is 1.18. The summed E-state index contributed by atoms with van der Waals surface area (Å²) in [5.74, 6) is -2.00. The van der Waals surface area contributed by atoms with Crippen LogP contribution in [0.3, 0.4) is 0 Å². The number of aliphatic hydroxyl groups excluding tert-OH is 1. The number of benzene rings is 2. The molecule has 360 valence electrons. The predicted molar refractivity (Wildman–Crippen MR) is 256 cm³/mol. The number of rotatable bonds is 15. The molecule has 0 saturated heterocycles. The largest absolute Gasteiger partial charge is 0.444 e. The van der Waals surface area contributed by atoms with Gasteiger partial charge in [-0.1, -0.05) is 42.5 Å². The van der Waals surface area contributed by atoms with Crippen LogP contribution in [0.1, 0.15) is 128 Å². The lowest BCUT2D eigenvalue weighted by Crippen LogP contribution is -2.51. The number of alkyl carbamates (subject to hydrolysis) is 1. The van der Waals surface area contributed by atoms with E-state index >= 15 is 0 Å². The fourth-order valence-corrected chi connectivity index (χ4v) is 8.50. The van der Waals surface area contributed by atoms with Crippen molar-refractivity contribution >= 4 is 35.4 Å². The first-order valence-corrected chi connectivity index (χ1v) is 22.6. The number of hydrogen-bond acceptors (Lipinski definition) is 11. The zero-order valence-electron chi connectivity index (χ0n) is 40.0. The minimum absolute atomic E-state index is 0.140. The normalized spacial score (nSPS) is 15.6. The second kappa shape index (κ2) is 20.2. The third-order valence-electron chi connectivity index (χ3n) is 11.2. The molecule has 7 rings (SSSR count). The van der Waals surface area contributed by atoms with Gasteiger partial charge in [0, 0.05) is 65.6 Å². The summed E-state index contributed by atoms with van der Waals surface area (Å²) >= 11 is 0. The fraction of sp³-hybridized carbons (Fsp3) is 0.353. The molecule has 69 heavy (non-hydrogen) atoms. The van der Waals surface area contributed by atoms with Gasteiger partial charge in [0.05, 0.1) is 37.2 Å². The highest BCUT2D eigenvalue weighted by Crippen LogP contribution is 2.42. The van der Waals surface area contributed by atoms with Crippen molar-refractivity contribution in [1.82, 2.24) is 50.8 Å². The zero-order chi connectivity index (χ0) is 49.7. The van der Waals surface area contributed by atoms with Crippen molar-refractivity contribution in [1.29, 1.82) is 0 Å². The molecule has 4 heterocycles. The number of fused-ring (bicyclic) bond motifs is 1. The number of hydrogen-bond donors (Lipinski definition) is 6. The zero-order valence-corrected chi connectivity index (χ0v) is 40.0. The maximum absolute atomic E-state index is 14.9. The fourth-order valence-electron chi connectivity index (χ4n) is 8.50. The topological polar surface area (TPSA) is 241 Å². The first kappa shape index (κ1) is 49.2. The summed E-state index contributed by atoms with van der Waals surface area (Å²) in [5, 5.41) is 20.9. The van der Waals surface area contributed by atoms with E-state index in [4.69, 9.17) is 4.74 Å². The van der Waals surface area contributed by atoms with E-state index in [1.807, 2.05) is 52.8 Å². The van der Waals surface area contributed by atoms with E-state index in [9.17, 15) is 29.1 Å². The standard InChI is InChI=1S/C51H59N11O7/c1-49(2,3)59-44(64)42(34-12-10-20-53-26-34)62(47(67)39-28-55-30-58-39)43-37-18-15-32(21-35(37)22-40(43)63)23-51(7,8)60-45(65)41(33-11-9-19-52-25-33)61(46(66)38-27-54-29-57-38)36-16-13-31(14-17-36)24-56-48(68)69-50(4,5)6/h9-21,25-30,40-43,63H,22-24H2,1-8H3,(H,54,57)(H,55,58)(H,56,68)(H,59,64)(H,60,65)/t40-,41?,42?,43-/m1/s1. The lowest BCUT2D eigenvalue weighted by Gasteiger charge is -2.38. The van der Waals surface area contributed by atoms with Crippen molar-refractivity contribution in [3.8, 4) is 0 Å². The third kappa shape index (κ3) is 12.1. The molecule has 1 aliphatic rings. The van der Waals surface area contributed by atoms with Crippen LogP contribution in [0.4, 0.5) is 10.5 Å². The number of anilines is 1. The van der Waals surface area contributed by atoms with Crippen LogP contribution in [0.2, 0.25) is 0 Å². The second-order valence-electron chi connectivity index (χ2n) is 19.8. The summed E-state index contributed by atoms with van der Waals surface area (Å²) in [6.45, 7) is 14.8. The van der Waals surface area contributed by atoms with Crippen LogP contribution in [0.5, 0.6) is 0 Å². The van der Waals surface area contributed by atoms with E-state index in [0.29, 0.717) is 28.8 Å². The van der Waals surface area contributed by atoms with Crippen LogP contribution >= 0.6 is 0 Å². The molecule has 4 aromatic heterocycles. The Labute approximate surface area is 400 Å². The first-order valence-electron chi connectivity index (χ1n) is 22.6. The molecule has 18 heteroatoms. The molecule has 0 bridgehead atoms. The molecule has 6 aromatic rings. The van der Waals surface area contributed by atoms with Crippen LogP contribution in [0.25, 0.3) is 0 Å². The van der Waals surface area contributed by atoms with Gasteiger partial charge in [0.25, 0.3) is 11.8 Å². The quantitative estimate of drug-likeness (QED) is 0.0675. The average molecular weight is 938 g/mol. The van der Waals surface area contributed by atoms with E-state index in [2.05, 4.69) is 45.9 Å². The number of aliphatic hydroxyl groups is 1. The van der Waals surface area contributed by atoms with E-state index in [0.717, 1.165) is 16.7 Å². The van der Waals surface area contributed by atoms with Crippen LogP contribution in [-0.2, 0) is 33.7 Å². The Morgan fingerprint density at radius 1 is 0.725 bits per heavy atom. The SMILES string of the molecule is CC(C)(C)NC(=O)C(c1cccnc1)N(C(=O)c1cnc[nH]1)[C@@H]1c2ccc(CC(C)(C)NC(=O)C(c3cccnc3)N(C(=O)c3cnc[nH]3)c3ccc(CNC(=O)OC(C)(C)C)cc3)cc2C[C@H]1O. The van der Waals surface area contributed by atoms with Gasteiger partial charge in [-0.3, -0.25) is 34.0 Å². The molecule has 4 atom stereocenters. The highest BCUT2D eigenvalue weighted by atomic mass is 16.6. The van der Waals surface area contributed by atoms with Crippen molar-refractivity contribution < 1.29 is 33.8 Å². The summed E-state index contributed by atoms with van der Waals surface area (Å²) < 4.78 is 5.37. The van der Waals surface area contributed by atoms with Gasteiger partial charge in [0.2, 0.25) is 11.8 Å². The number of nitrogens with one attached hydrogen (secondary N) is 5. The number of amides is 5. The Morgan fingerprint density at radius 2 is 1.30 bits per heavy atom. The number of aromatic amines is 2. The van der Waals surface area contributed by atoms with Crippen LogP contribution in [0, 0.1) is 0 Å². The molecule has 1 aliphatic carbocycles. The number of ether oxygens (including phenoxy) is 1. The van der Waals surface area contributed by atoms with Gasteiger partial charge in [-0.25, -0.2) is 14.8 Å². The minimum atomic E-state index is -1.21. The van der Waals surface area contributed by atoms with Crippen LogP contribution in [-0.4, -0.2) is 92.4 Å². The molecule has 18 nitrogen and oxygen atoms in total. The molecule has 5 amide bonds. The molecule has 6 N–H and O–H groups in total. The Kier molecular flexibility index (Phi) is 14.4. The smallest absolute Gasteiger partial charge is 0.407 e.